The summed E-state index contributed by atoms with van der Waals surface area (Å²) in [5.74, 6) is 0.273. The van der Waals surface area contributed by atoms with Gasteiger partial charge in [-0.2, -0.15) is 0 Å². The maximum absolute atomic E-state index is 13.8. The van der Waals surface area contributed by atoms with E-state index < -0.39 is 12.1 Å². The van der Waals surface area contributed by atoms with Gasteiger partial charge in [0.25, 0.3) is 0 Å². The highest BCUT2D eigenvalue weighted by atomic mass is 79.9. The molecule has 34 heavy (non-hydrogen) atoms. The topological polar surface area (TPSA) is 84.7 Å². The van der Waals surface area contributed by atoms with Crippen molar-refractivity contribution >= 4 is 56.6 Å². The summed E-state index contributed by atoms with van der Waals surface area (Å²) >= 11 is 3.53. The van der Waals surface area contributed by atoms with Crippen LogP contribution in [-0.2, 0) is 22.6 Å². The molecule has 2 amide bonds. The third-order valence-electron chi connectivity index (χ3n) is 6.23. The van der Waals surface area contributed by atoms with Crippen molar-refractivity contribution in [3.8, 4) is 5.75 Å². The van der Waals surface area contributed by atoms with E-state index in [-0.39, 0.29) is 24.2 Å². The van der Waals surface area contributed by atoms with Crippen LogP contribution in [0.25, 0.3) is 10.8 Å². The van der Waals surface area contributed by atoms with Crippen LogP contribution in [0.4, 0.5) is 5.69 Å². The maximum atomic E-state index is 13.8. The van der Waals surface area contributed by atoms with Crippen LogP contribution in [0, 0.1) is 0 Å². The molecule has 4 rings (SSSR count). The van der Waals surface area contributed by atoms with Crippen molar-refractivity contribution in [3.05, 3.63) is 70.2 Å². The van der Waals surface area contributed by atoms with Crippen molar-refractivity contribution < 1.29 is 14.3 Å². The molecular formula is C26H29BrClN3O3. The molecule has 0 saturated heterocycles. The van der Waals surface area contributed by atoms with Gasteiger partial charge >= 0.3 is 0 Å². The normalized spacial score (nSPS) is 16.3. The number of benzene rings is 3. The number of aryl methyl sites for hydroxylation is 1. The van der Waals surface area contributed by atoms with Gasteiger partial charge in [-0.25, -0.2) is 0 Å². The molecule has 0 bridgehead atoms. The smallest absolute Gasteiger partial charge is 0.249 e. The van der Waals surface area contributed by atoms with E-state index in [4.69, 9.17) is 10.5 Å². The summed E-state index contributed by atoms with van der Waals surface area (Å²) in [5.41, 5.74) is 8.77. The molecule has 180 valence electrons. The summed E-state index contributed by atoms with van der Waals surface area (Å²) in [4.78, 5) is 28.1. The quantitative estimate of drug-likeness (QED) is 0.468. The first kappa shape index (κ1) is 26.0. The predicted octanol–water partition coefficient (Wildman–Crippen LogP) is 4.73. The van der Waals surface area contributed by atoms with Gasteiger partial charge in [0.05, 0.1) is 19.7 Å². The number of amides is 2. The van der Waals surface area contributed by atoms with E-state index in [1.807, 2.05) is 61.5 Å². The van der Waals surface area contributed by atoms with Crippen LogP contribution in [0.3, 0.4) is 0 Å². The lowest BCUT2D eigenvalue weighted by atomic mass is 10.0. The van der Waals surface area contributed by atoms with E-state index in [0.717, 1.165) is 32.1 Å². The highest BCUT2D eigenvalue weighted by molar-refractivity contribution is 9.10. The number of hydrogen-bond donors (Lipinski definition) is 2. The van der Waals surface area contributed by atoms with E-state index in [1.165, 1.54) is 0 Å². The monoisotopic (exact) mass is 545 g/mol. The van der Waals surface area contributed by atoms with Crippen LogP contribution in [0.5, 0.6) is 5.75 Å². The first-order chi connectivity index (χ1) is 15.9. The first-order valence-electron chi connectivity index (χ1n) is 11.1. The van der Waals surface area contributed by atoms with Gasteiger partial charge in [-0.15, -0.1) is 12.4 Å². The second-order valence-corrected chi connectivity index (χ2v) is 9.20. The molecule has 1 aliphatic heterocycles. The molecule has 6 nitrogen and oxygen atoms in total. The van der Waals surface area contributed by atoms with Crippen LogP contribution >= 0.6 is 28.3 Å². The Morgan fingerprint density at radius 1 is 1.24 bits per heavy atom. The zero-order valence-electron chi connectivity index (χ0n) is 19.2. The Balaban J connectivity index is 0.00000324. The number of fused-ring (bicyclic) bond motifs is 2. The maximum Gasteiger partial charge on any atom is 0.249 e. The summed E-state index contributed by atoms with van der Waals surface area (Å²) in [5, 5.41) is 4.96. The summed E-state index contributed by atoms with van der Waals surface area (Å²) in [6, 6.07) is 16.6. The molecule has 1 aliphatic rings. The lowest BCUT2D eigenvalue weighted by Gasteiger charge is -2.28. The van der Waals surface area contributed by atoms with E-state index in [2.05, 4.69) is 21.2 Å². The molecule has 0 spiro atoms. The van der Waals surface area contributed by atoms with Crippen LogP contribution in [0.15, 0.2) is 59.1 Å². The van der Waals surface area contributed by atoms with Crippen molar-refractivity contribution in [1.29, 1.82) is 0 Å². The van der Waals surface area contributed by atoms with Gasteiger partial charge in [-0.3, -0.25) is 9.59 Å². The van der Waals surface area contributed by atoms with E-state index in [9.17, 15) is 9.59 Å². The summed E-state index contributed by atoms with van der Waals surface area (Å²) in [7, 11) is 1.64. The number of methoxy groups -OCH3 is 1. The Labute approximate surface area is 214 Å². The summed E-state index contributed by atoms with van der Waals surface area (Å²) in [6.45, 7) is 2.18. The van der Waals surface area contributed by atoms with Crippen molar-refractivity contribution in [2.75, 3.05) is 12.0 Å². The second-order valence-electron chi connectivity index (χ2n) is 8.28. The number of halogens is 2. The summed E-state index contributed by atoms with van der Waals surface area (Å²) < 4.78 is 6.66. The number of para-hydroxylation sites is 1. The van der Waals surface area contributed by atoms with Gasteiger partial charge in [-0.05, 0) is 59.9 Å². The van der Waals surface area contributed by atoms with Crippen LogP contribution in [0.2, 0.25) is 0 Å². The third-order valence-corrected chi connectivity index (χ3v) is 6.72. The third kappa shape index (κ3) is 5.22. The van der Waals surface area contributed by atoms with Gasteiger partial charge in [0.2, 0.25) is 11.8 Å². The number of ether oxygens (including phenoxy) is 1. The molecule has 0 aliphatic carbocycles. The van der Waals surface area contributed by atoms with Crippen LogP contribution in [-0.4, -0.2) is 31.0 Å². The number of nitrogens with zero attached hydrogens (tertiary/aromatic N) is 1. The number of hydrogen-bond acceptors (Lipinski definition) is 4. The highest BCUT2D eigenvalue weighted by Gasteiger charge is 2.33. The number of nitrogens with one attached hydrogen (secondary N) is 1. The molecule has 0 saturated carbocycles. The Morgan fingerprint density at radius 3 is 2.74 bits per heavy atom. The van der Waals surface area contributed by atoms with Crippen LogP contribution < -0.4 is 20.7 Å². The lowest BCUT2D eigenvalue weighted by molar-refractivity contribution is -0.128. The van der Waals surface area contributed by atoms with Crippen molar-refractivity contribution in [3.63, 3.8) is 0 Å². The minimum atomic E-state index is -0.641. The number of carbonyl (C=O) groups excluding carboxylic acids is 2. The molecule has 1 heterocycles. The van der Waals surface area contributed by atoms with Gasteiger partial charge in [-0.1, -0.05) is 53.2 Å². The average molecular weight is 547 g/mol. The number of rotatable bonds is 6. The highest BCUT2D eigenvalue weighted by Crippen LogP contribution is 2.35. The standard InChI is InChI=1S/C26H28BrN3O3.ClH/c1-3-21(28)25(31)29-22-12-8-16-6-4-5-7-23(16)30(26(22)32)15-20-19-11-10-18(27)14-17(19)9-13-24(20)33-2;/h4-7,9-11,13-14,21-22H,3,8,12,15,28H2,1-2H3,(H,29,31);1H/t21-,22+;/m0./s1. The van der Waals surface area contributed by atoms with E-state index in [1.54, 1.807) is 12.0 Å². The minimum Gasteiger partial charge on any atom is -0.496 e. The average Bonchev–Trinajstić information content (AvgIpc) is 2.95. The molecule has 0 unspecified atom stereocenters. The largest absolute Gasteiger partial charge is 0.496 e. The zero-order valence-corrected chi connectivity index (χ0v) is 21.6. The molecule has 2 atom stereocenters. The van der Waals surface area contributed by atoms with Crippen LogP contribution in [0.1, 0.15) is 30.9 Å². The Morgan fingerprint density at radius 2 is 2.00 bits per heavy atom. The SMILES string of the molecule is CC[C@H](N)C(=O)N[C@@H]1CCc2ccccc2N(Cc2c(OC)ccc3cc(Br)ccc23)C1=O.Cl. The first-order valence-corrected chi connectivity index (χ1v) is 11.9. The predicted molar refractivity (Wildman–Crippen MR) is 142 cm³/mol. The molecule has 3 aromatic carbocycles. The Kier molecular flexibility index (Phi) is 8.57. The number of nitrogens with two attached hydrogens (primary N) is 1. The van der Waals surface area contributed by atoms with E-state index in [0.29, 0.717) is 31.6 Å². The Bertz CT molecular complexity index is 1200. The molecule has 3 aromatic rings. The fourth-order valence-electron chi connectivity index (χ4n) is 4.33. The van der Waals surface area contributed by atoms with Crippen molar-refractivity contribution in [2.45, 2.75) is 44.8 Å². The fourth-order valence-corrected chi connectivity index (χ4v) is 4.71. The summed E-state index contributed by atoms with van der Waals surface area (Å²) in [6.07, 6.45) is 1.72. The van der Waals surface area contributed by atoms with Gasteiger partial charge in [0.15, 0.2) is 0 Å². The molecule has 0 aromatic heterocycles. The molecule has 3 N–H and O–H groups in total. The zero-order chi connectivity index (χ0) is 23.5. The number of carbonyl (C=O) groups is 2. The second kappa shape index (κ2) is 11.2. The van der Waals surface area contributed by atoms with E-state index >= 15 is 0 Å². The molecular weight excluding hydrogens is 518 g/mol. The molecule has 8 heteroatoms. The molecule has 0 radical (unpaired) electrons. The van der Waals surface area contributed by atoms with Crippen molar-refractivity contribution in [1.82, 2.24) is 5.32 Å². The number of anilines is 1. The van der Waals surface area contributed by atoms with Gasteiger partial charge in [0, 0.05) is 15.7 Å². The lowest BCUT2D eigenvalue weighted by Crippen LogP contribution is -2.52. The Hall–Kier alpha value is -2.61. The van der Waals surface area contributed by atoms with Gasteiger partial charge in [0.1, 0.15) is 11.8 Å². The van der Waals surface area contributed by atoms with Gasteiger partial charge < -0.3 is 20.7 Å². The molecule has 0 fully saturated rings. The minimum absolute atomic E-state index is 0. The fraction of sp³-hybridized carbons (Fsp3) is 0.308. The van der Waals surface area contributed by atoms with Crippen molar-refractivity contribution in [2.24, 2.45) is 5.73 Å².